The van der Waals surface area contributed by atoms with Crippen molar-refractivity contribution < 1.29 is 18.7 Å². The number of amides is 1. The molecule has 1 aliphatic heterocycles. The molecule has 2 heterocycles. The maximum Gasteiger partial charge on any atom is 0.349 e. The van der Waals surface area contributed by atoms with Gasteiger partial charge in [-0.1, -0.05) is 24.3 Å². The van der Waals surface area contributed by atoms with Crippen molar-refractivity contribution in [1.29, 1.82) is 0 Å². The SMILES string of the molecule is COc1cccc2cc(C(=O)Nc3ccccc3N3CCOCC3)c(=O)oc12. The highest BCUT2D eigenvalue weighted by molar-refractivity contribution is 6.07. The van der Waals surface area contributed by atoms with Crippen LogP contribution in [-0.4, -0.2) is 39.3 Å². The van der Waals surface area contributed by atoms with Crippen molar-refractivity contribution >= 4 is 28.3 Å². The molecule has 7 nitrogen and oxygen atoms in total. The van der Waals surface area contributed by atoms with Crippen LogP contribution in [0.3, 0.4) is 0 Å². The first-order valence-electron chi connectivity index (χ1n) is 9.01. The molecule has 0 saturated carbocycles. The molecule has 7 heteroatoms. The number of nitrogens with one attached hydrogen (secondary N) is 1. The largest absolute Gasteiger partial charge is 0.493 e. The van der Waals surface area contributed by atoms with Crippen LogP contribution in [0.4, 0.5) is 11.4 Å². The van der Waals surface area contributed by atoms with Crippen LogP contribution in [-0.2, 0) is 4.74 Å². The highest BCUT2D eigenvalue weighted by Crippen LogP contribution is 2.28. The monoisotopic (exact) mass is 380 g/mol. The predicted molar refractivity (Wildman–Crippen MR) is 106 cm³/mol. The molecule has 3 aromatic rings. The van der Waals surface area contributed by atoms with Crippen LogP contribution >= 0.6 is 0 Å². The lowest BCUT2D eigenvalue weighted by Gasteiger charge is -2.30. The molecule has 0 bridgehead atoms. The zero-order valence-electron chi connectivity index (χ0n) is 15.4. The number of carbonyl (C=O) groups is 1. The average molecular weight is 380 g/mol. The summed E-state index contributed by atoms with van der Waals surface area (Å²) in [5.41, 5.74) is 1.08. The predicted octanol–water partition coefficient (Wildman–Crippen LogP) is 2.89. The third-order valence-corrected chi connectivity index (χ3v) is 4.69. The van der Waals surface area contributed by atoms with Gasteiger partial charge in [0, 0.05) is 18.5 Å². The van der Waals surface area contributed by atoms with Gasteiger partial charge in [0.25, 0.3) is 5.91 Å². The minimum absolute atomic E-state index is 0.0578. The number of rotatable bonds is 4. The van der Waals surface area contributed by atoms with Gasteiger partial charge in [0.15, 0.2) is 11.3 Å². The molecule has 1 fully saturated rings. The molecular formula is C21H20N2O5. The van der Waals surface area contributed by atoms with E-state index in [9.17, 15) is 9.59 Å². The third kappa shape index (κ3) is 3.44. The van der Waals surface area contributed by atoms with E-state index in [4.69, 9.17) is 13.9 Å². The molecule has 0 aliphatic carbocycles. The number of ether oxygens (including phenoxy) is 2. The van der Waals surface area contributed by atoms with Crippen LogP contribution in [0.15, 0.2) is 57.7 Å². The number of nitrogens with zero attached hydrogens (tertiary/aromatic N) is 1. The topological polar surface area (TPSA) is 81.0 Å². The standard InChI is InChI=1S/C21H20N2O5/c1-26-18-8-4-5-14-13-15(21(25)28-19(14)18)20(24)22-16-6-2-3-7-17(16)23-9-11-27-12-10-23/h2-8,13H,9-12H2,1H3,(H,22,24). The summed E-state index contributed by atoms with van der Waals surface area (Å²) in [5, 5.41) is 3.46. The van der Waals surface area contributed by atoms with Crippen LogP contribution in [0.5, 0.6) is 5.75 Å². The number of benzene rings is 2. The van der Waals surface area contributed by atoms with E-state index in [1.54, 1.807) is 18.2 Å². The number of para-hydroxylation sites is 3. The van der Waals surface area contributed by atoms with E-state index in [1.165, 1.54) is 13.2 Å². The maximum atomic E-state index is 12.8. The molecule has 144 valence electrons. The first-order valence-corrected chi connectivity index (χ1v) is 9.01. The number of morpholine rings is 1. The molecule has 1 aliphatic rings. The highest BCUT2D eigenvalue weighted by atomic mass is 16.5. The van der Waals surface area contributed by atoms with Gasteiger partial charge in [-0.15, -0.1) is 0 Å². The van der Waals surface area contributed by atoms with Gasteiger partial charge in [-0.25, -0.2) is 4.79 Å². The summed E-state index contributed by atoms with van der Waals surface area (Å²) in [6.45, 7) is 2.76. The van der Waals surface area contributed by atoms with Crippen LogP contribution in [0.25, 0.3) is 11.0 Å². The molecule has 1 N–H and O–H groups in total. The van der Waals surface area contributed by atoms with Gasteiger partial charge in [-0.2, -0.15) is 0 Å². The highest BCUT2D eigenvalue weighted by Gasteiger charge is 2.19. The Kier molecular flexibility index (Phi) is 4.99. The molecule has 4 rings (SSSR count). The maximum absolute atomic E-state index is 12.8. The second kappa shape index (κ2) is 7.74. The zero-order chi connectivity index (χ0) is 19.5. The van der Waals surface area contributed by atoms with Gasteiger partial charge in [-0.05, 0) is 24.3 Å². The molecule has 0 radical (unpaired) electrons. The Morgan fingerprint density at radius 3 is 2.68 bits per heavy atom. The van der Waals surface area contributed by atoms with E-state index < -0.39 is 11.5 Å². The van der Waals surface area contributed by atoms with Crippen molar-refractivity contribution in [2.24, 2.45) is 0 Å². The first-order chi connectivity index (χ1) is 13.7. The Labute approximate surface area is 161 Å². The summed E-state index contributed by atoms with van der Waals surface area (Å²) in [7, 11) is 1.50. The van der Waals surface area contributed by atoms with Crippen molar-refractivity contribution in [2.45, 2.75) is 0 Å². The summed E-state index contributed by atoms with van der Waals surface area (Å²) in [6.07, 6.45) is 0. The Hall–Kier alpha value is -3.32. The smallest absolute Gasteiger partial charge is 0.349 e. The molecule has 1 amide bonds. The van der Waals surface area contributed by atoms with E-state index >= 15 is 0 Å². The number of fused-ring (bicyclic) bond motifs is 1. The minimum Gasteiger partial charge on any atom is -0.493 e. The Morgan fingerprint density at radius 2 is 1.89 bits per heavy atom. The first kappa shape index (κ1) is 18.1. The second-order valence-corrected chi connectivity index (χ2v) is 6.40. The fraction of sp³-hybridized carbons (Fsp3) is 0.238. The van der Waals surface area contributed by atoms with Crippen LogP contribution in [0.2, 0.25) is 0 Å². The fourth-order valence-corrected chi connectivity index (χ4v) is 3.29. The van der Waals surface area contributed by atoms with Crippen LogP contribution in [0, 0.1) is 0 Å². The molecular weight excluding hydrogens is 360 g/mol. The fourth-order valence-electron chi connectivity index (χ4n) is 3.29. The summed E-state index contributed by atoms with van der Waals surface area (Å²) < 4.78 is 16.0. The van der Waals surface area contributed by atoms with Gasteiger partial charge >= 0.3 is 5.63 Å². The number of hydrogen-bond acceptors (Lipinski definition) is 6. The normalized spacial score (nSPS) is 14.1. The van der Waals surface area contributed by atoms with Crippen molar-refractivity contribution in [1.82, 2.24) is 0 Å². The van der Waals surface area contributed by atoms with Gasteiger partial charge in [0.2, 0.25) is 0 Å². The number of hydrogen-bond donors (Lipinski definition) is 1. The number of carbonyl (C=O) groups excluding carboxylic acids is 1. The summed E-state index contributed by atoms with van der Waals surface area (Å²) in [5.74, 6) is -0.0709. The van der Waals surface area contributed by atoms with Gasteiger partial charge < -0.3 is 24.1 Å². The lowest BCUT2D eigenvalue weighted by atomic mass is 10.1. The molecule has 1 aromatic heterocycles. The van der Waals surface area contributed by atoms with E-state index in [1.807, 2.05) is 24.3 Å². The van der Waals surface area contributed by atoms with Crippen LogP contribution in [0.1, 0.15) is 10.4 Å². The molecule has 1 saturated heterocycles. The third-order valence-electron chi connectivity index (χ3n) is 4.69. The molecule has 2 aromatic carbocycles. The lowest BCUT2D eigenvalue weighted by molar-refractivity contribution is 0.102. The van der Waals surface area contributed by atoms with E-state index in [0.717, 1.165) is 18.8 Å². The van der Waals surface area contributed by atoms with E-state index in [0.29, 0.717) is 35.6 Å². The van der Waals surface area contributed by atoms with Gasteiger partial charge in [-0.3, -0.25) is 4.79 Å². The van der Waals surface area contributed by atoms with Crippen molar-refractivity contribution in [3.63, 3.8) is 0 Å². The Bertz CT molecular complexity index is 1070. The van der Waals surface area contributed by atoms with Crippen molar-refractivity contribution in [3.05, 3.63) is 64.5 Å². The average Bonchev–Trinajstić information content (AvgIpc) is 2.74. The number of anilines is 2. The second-order valence-electron chi connectivity index (χ2n) is 6.40. The van der Waals surface area contributed by atoms with Gasteiger partial charge in [0.1, 0.15) is 5.56 Å². The van der Waals surface area contributed by atoms with E-state index in [-0.39, 0.29) is 5.56 Å². The Balaban J connectivity index is 1.66. The van der Waals surface area contributed by atoms with Gasteiger partial charge in [0.05, 0.1) is 31.7 Å². The molecule has 0 atom stereocenters. The minimum atomic E-state index is -0.710. The Morgan fingerprint density at radius 1 is 1.11 bits per heavy atom. The van der Waals surface area contributed by atoms with Crippen LogP contribution < -0.4 is 20.6 Å². The molecule has 0 spiro atoms. The lowest BCUT2D eigenvalue weighted by Crippen LogP contribution is -2.36. The van der Waals surface area contributed by atoms with Crippen molar-refractivity contribution in [3.8, 4) is 5.75 Å². The summed E-state index contributed by atoms with van der Waals surface area (Å²) >= 11 is 0. The zero-order valence-corrected chi connectivity index (χ0v) is 15.4. The summed E-state index contributed by atoms with van der Waals surface area (Å²) in [6, 6.07) is 14.3. The van der Waals surface area contributed by atoms with Crippen molar-refractivity contribution in [2.75, 3.05) is 43.6 Å². The molecule has 28 heavy (non-hydrogen) atoms. The number of methoxy groups -OCH3 is 1. The summed E-state index contributed by atoms with van der Waals surface area (Å²) in [4.78, 5) is 27.4. The van der Waals surface area contributed by atoms with E-state index in [2.05, 4.69) is 10.2 Å². The molecule has 0 unspecified atom stereocenters. The quantitative estimate of drug-likeness (QED) is 0.701.